The molecule has 0 unspecified atom stereocenters. The summed E-state index contributed by atoms with van der Waals surface area (Å²) >= 11 is 4.45. The van der Waals surface area contributed by atoms with Crippen LogP contribution >= 0.6 is 11.9 Å². The van der Waals surface area contributed by atoms with Gasteiger partial charge in [-0.3, -0.25) is 4.79 Å². The van der Waals surface area contributed by atoms with E-state index in [0.29, 0.717) is 5.69 Å². The summed E-state index contributed by atoms with van der Waals surface area (Å²) in [6.45, 7) is 1.48. The Balaban J connectivity index is 0.000000471. The molecule has 4 N–H and O–H groups in total. The van der Waals surface area contributed by atoms with Crippen LogP contribution in [0.25, 0.3) is 22.4 Å². The number of carbonyl (C=O) groups is 1. The van der Waals surface area contributed by atoms with E-state index in [4.69, 9.17) is 5.73 Å². The van der Waals surface area contributed by atoms with Gasteiger partial charge in [-0.2, -0.15) is 0 Å². The number of imidazole rings is 1. The first-order chi connectivity index (χ1) is 11.5. The summed E-state index contributed by atoms with van der Waals surface area (Å²) in [5, 5.41) is 2.73. The van der Waals surface area contributed by atoms with Gasteiger partial charge in [-0.15, -0.1) is 0 Å². The molecule has 122 valence electrons. The zero-order valence-electron chi connectivity index (χ0n) is 12.8. The van der Waals surface area contributed by atoms with Crippen LogP contribution in [-0.4, -0.2) is 15.9 Å². The number of amides is 1. The van der Waals surface area contributed by atoms with Crippen LogP contribution in [-0.2, 0) is 9.08 Å². The largest absolute Gasteiger partial charge is 0.399 e. The van der Waals surface area contributed by atoms with Gasteiger partial charge >= 0.3 is 0 Å². The summed E-state index contributed by atoms with van der Waals surface area (Å²) in [6.07, 6.45) is 6.12. The van der Waals surface area contributed by atoms with E-state index in [-0.39, 0.29) is 5.91 Å². The first-order valence-corrected chi connectivity index (χ1v) is 7.21. The lowest BCUT2D eigenvalue weighted by molar-refractivity contribution is -0.114. The number of nitrogens with one attached hydrogen (secondary N) is 2. The van der Waals surface area contributed by atoms with Crippen molar-refractivity contribution in [2.75, 3.05) is 11.1 Å². The third-order valence-electron chi connectivity index (χ3n) is 3.03. The molecule has 0 aliphatic rings. The number of fused-ring (bicyclic) bond motifs is 1. The highest BCUT2D eigenvalue weighted by atomic mass is 35.5. The van der Waals surface area contributed by atoms with Crippen molar-refractivity contribution >= 4 is 40.2 Å². The fourth-order valence-corrected chi connectivity index (χ4v) is 2.08. The van der Waals surface area contributed by atoms with Gasteiger partial charge in [-0.1, -0.05) is 6.42 Å². The quantitative estimate of drug-likeness (QED) is 0.490. The number of nitrogens with zero attached hydrogens (tertiary/aromatic N) is 1. The minimum Gasteiger partial charge on any atom is -0.399 e. The number of benzene rings is 2. The highest BCUT2D eigenvalue weighted by molar-refractivity contribution is 6.08. The minimum atomic E-state index is -0.0861. The van der Waals surface area contributed by atoms with E-state index >= 15 is 0 Å². The lowest BCUT2D eigenvalue weighted by Crippen LogP contribution is -2.05. The number of nitrogens with two attached hydrogens (primary N) is 1. The van der Waals surface area contributed by atoms with Crippen LogP contribution in [0.15, 0.2) is 42.5 Å². The Hall–Kier alpha value is -3.17. The third-order valence-corrected chi connectivity index (χ3v) is 3.12. The van der Waals surface area contributed by atoms with Gasteiger partial charge in [0, 0.05) is 23.9 Å². The SMILES string of the molecule is C#COCl.CC(=O)Nc1ccc(-c2nc3ccc(N)cc3[nH]2)cc1. The monoisotopic (exact) mass is 342 g/mol. The Morgan fingerprint density at radius 1 is 1.33 bits per heavy atom. The molecule has 3 aromatic rings. The van der Waals surface area contributed by atoms with E-state index in [0.717, 1.165) is 28.1 Å². The number of terminal acetylenes is 1. The Bertz CT molecular complexity index is 882. The van der Waals surface area contributed by atoms with E-state index in [1.54, 1.807) is 6.11 Å². The Morgan fingerprint density at radius 2 is 2.00 bits per heavy atom. The zero-order chi connectivity index (χ0) is 17.5. The fourth-order valence-electron chi connectivity index (χ4n) is 2.08. The van der Waals surface area contributed by atoms with Gasteiger partial charge < -0.3 is 20.3 Å². The number of anilines is 2. The van der Waals surface area contributed by atoms with Crippen molar-refractivity contribution in [3.05, 3.63) is 42.5 Å². The zero-order valence-corrected chi connectivity index (χ0v) is 13.6. The molecule has 0 saturated heterocycles. The molecule has 1 aromatic heterocycles. The minimum absolute atomic E-state index is 0.0861. The smallest absolute Gasteiger partial charge is 0.221 e. The van der Waals surface area contributed by atoms with E-state index in [1.807, 2.05) is 42.5 Å². The van der Waals surface area contributed by atoms with Crippen LogP contribution in [0.2, 0.25) is 0 Å². The lowest BCUT2D eigenvalue weighted by Gasteiger charge is -2.02. The number of hydrogen-bond acceptors (Lipinski definition) is 4. The molecule has 0 aliphatic heterocycles. The number of rotatable bonds is 2. The van der Waals surface area contributed by atoms with Gasteiger partial charge in [0.2, 0.25) is 5.91 Å². The van der Waals surface area contributed by atoms with Crippen LogP contribution < -0.4 is 11.1 Å². The van der Waals surface area contributed by atoms with Gasteiger partial charge in [-0.25, -0.2) is 4.98 Å². The van der Waals surface area contributed by atoms with Crippen molar-refractivity contribution < 1.29 is 9.08 Å². The molecule has 1 heterocycles. The molecule has 1 amide bonds. The van der Waals surface area contributed by atoms with Crippen molar-refractivity contribution in [1.82, 2.24) is 9.97 Å². The topological polar surface area (TPSA) is 93.0 Å². The molecule has 0 atom stereocenters. The van der Waals surface area contributed by atoms with Gasteiger partial charge in [-0.05, 0) is 42.5 Å². The summed E-state index contributed by atoms with van der Waals surface area (Å²) < 4.78 is 3.54. The molecule has 0 fully saturated rings. The van der Waals surface area contributed by atoms with Crippen molar-refractivity contribution in [3.63, 3.8) is 0 Å². The fraction of sp³-hybridized carbons (Fsp3) is 0.0588. The molecule has 3 rings (SSSR count). The molecule has 0 bridgehead atoms. The number of carbonyl (C=O) groups excluding carboxylic acids is 1. The van der Waals surface area contributed by atoms with Crippen molar-refractivity contribution in [2.24, 2.45) is 0 Å². The molecular formula is C17H15ClN4O2. The molecular weight excluding hydrogens is 328 g/mol. The molecule has 2 aromatic carbocycles. The maximum atomic E-state index is 11.0. The maximum Gasteiger partial charge on any atom is 0.221 e. The van der Waals surface area contributed by atoms with Gasteiger partial charge in [0.05, 0.1) is 11.0 Å². The predicted molar refractivity (Wildman–Crippen MR) is 96.0 cm³/mol. The molecule has 6 nitrogen and oxygen atoms in total. The van der Waals surface area contributed by atoms with Gasteiger partial charge in [0.25, 0.3) is 0 Å². The standard InChI is InChI=1S/C15H14N4O.C2HClO/c1-9(20)17-12-5-2-10(3-6-12)15-18-13-7-4-11(16)8-14(13)19-15;1-2-4-3/h2-8H,16H2,1H3,(H,17,20)(H,18,19);1H. The number of aromatic amines is 1. The van der Waals surface area contributed by atoms with E-state index < -0.39 is 0 Å². The predicted octanol–water partition coefficient (Wildman–Crippen LogP) is 3.52. The van der Waals surface area contributed by atoms with Gasteiger partial charge in [0.1, 0.15) is 23.8 Å². The summed E-state index contributed by atoms with van der Waals surface area (Å²) in [5.74, 6) is 0.692. The summed E-state index contributed by atoms with van der Waals surface area (Å²) in [4.78, 5) is 18.7. The van der Waals surface area contributed by atoms with E-state index in [1.165, 1.54) is 6.92 Å². The van der Waals surface area contributed by atoms with Crippen LogP contribution in [0.5, 0.6) is 0 Å². The Morgan fingerprint density at radius 3 is 2.58 bits per heavy atom. The second-order valence-corrected chi connectivity index (χ2v) is 4.97. The average Bonchev–Trinajstić information content (AvgIpc) is 2.98. The van der Waals surface area contributed by atoms with Crippen LogP contribution in [0.3, 0.4) is 0 Å². The molecule has 0 spiro atoms. The summed E-state index contributed by atoms with van der Waals surface area (Å²) in [7, 11) is 0. The van der Waals surface area contributed by atoms with Crippen molar-refractivity contribution in [2.45, 2.75) is 6.92 Å². The van der Waals surface area contributed by atoms with Gasteiger partial charge in [0.15, 0.2) is 0 Å². The molecule has 0 saturated carbocycles. The summed E-state index contributed by atoms with van der Waals surface area (Å²) in [6, 6.07) is 13.1. The Kier molecular flexibility index (Phi) is 5.66. The highest BCUT2D eigenvalue weighted by Crippen LogP contribution is 2.23. The third kappa shape index (κ3) is 4.41. The molecule has 24 heavy (non-hydrogen) atoms. The lowest BCUT2D eigenvalue weighted by atomic mass is 10.2. The first-order valence-electron chi connectivity index (χ1n) is 6.90. The second-order valence-electron chi connectivity index (χ2n) is 4.82. The van der Waals surface area contributed by atoms with Crippen LogP contribution in [0.1, 0.15) is 6.92 Å². The molecule has 0 radical (unpaired) electrons. The average molecular weight is 343 g/mol. The highest BCUT2D eigenvalue weighted by Gasteiger charge is 2.05. The number of halogens is 1. The van der Waals surface area contributed by atoms with E-state index in [2.05, 4.69) is 37.9 Å². The number of H-pyrrole nitrogens is 1. The van der Waals surface area contributed by atoms with E-state index in [9.17, 15) is 4.79 Å². The normalized spacial score (nSPS) is 9.54. The summed E-state index contributed by atoms with van der Waals surface area (Å²) in [5.41, 5.74) is 9.95. The molecule has 7 heteroatoms. The van der Waals surface area contributed by atoms with Crippen LogP contribution in [0.4, 0.5) is 11.4 Å². The number of nitrogen functional groups attached to an aromatic ring is 1. The van der Waals surface area contributed by atoms with Crippen molar-refractivity contribution in [3.8, 4) is 23.9 Å². The first kappa shape index (κ1) is 17.2. The number of aromatic nitrogens is 2. The molecule has 0 aliphatic carbocycles. The second kappa shape index (κ2) is 7.90. The number of hydrogen-bond donors (Lipinski definition) is 3. The maximum absolute atomic E-state index is 11.0. The Labute approximate surface area is 144 Å². The van der Waals surface area contributed by atoms with Crippen molar-refractivity contribution in [1.29, 1.82) is 0 Å². The van der Waals surface area contributed by atoms with Crippen LogP contribution in [0, 0.1) is 12.5 Å².